The van der Waals surface area contributed by atoms with Crippen LogP contribution in [0.25, 0.3) is 0 Å². The van der Waals surface area contributed by atoms with Crippen LogP contribution in [0.2, 0.25) is 0 Å². The number of likely N-dealkylation sites (tertiary alicyclic amines) is 1. The minimum atomic E-state index is -0.0785. The van der Waals surface area contributed by atoms with Gasteiger partial charge in [0.2, 0.25) is 0 Å². The summed E-state index contributed by atoms with van der Waals surface area (Å²) in [6.45, 7) is 5.10. The van der Waals surface area contributed by atoms with Crippen molar-refractivity contribution in [3.05, 3.63) is 28.2 Å². The van der Waals surface area contributed by atoms with Crippen LogP contribution in [0, 0.1) is 0 Å². The Morgan fingerprint density at radius 3 is 2.84 bits per heavy atom. The maximum absolute atomic E-state index is 12.1. The summed E-state index contributed by atoms with van der Waals surface area (Å²) in [6, 6.07) is 5.65. The Kier molecular flexibility index (Phi) is 4.82. The first kappa shape index (κ1) is 14.3. The second kappa shape index (κ2) is 6.39. The van der Waals surface area contributed by atoms with E-state index in [2.05, 4.69) is 33.1 Å². The first-order valence-electron chi connectivity index (χ1n) is 6.65. The van der Waals surface area contributed by atoms with Crippen molar-refractivity contribution in [3.8, 4) is 0 Å². The van der Waals surface area contributed by atoms with Gasteiger partial charge in [-0.15, -0.1) is 0 Å². The number of amides is 1. The van der Waals surface area contributed by atoms with Crippen molar-refractivity contribution < 1.29 is 4.79 Å². The number of carbonyl (C=O) groups excluding carboxylic acids is 1. The molecule has 19 heavy (non-hydrogen) atoms. The van der Waals surface area contributed by atoms with Gasteiger partial charge >= 0.3 is 0 Å². The number of hydrogen-bond donors (Lipinski definition) is 2. The lowest BCUT2D eigenvalue weighted by Crippen LogP contribution is -2.40. The number of nitrogen functional groups attached to an aromatic ring is 1. The zero-order chi connectivity index (χ0) is 13.8. The number of hydrogen-bond acceptors (Lipinski definition) is 3. The van der Waals surface area contributed by atoms with Crippen molar-refractivity contribution >= 4 is 27.5 Å². The molecule has 0 spiro atoms. The van der Waals surface area contributed by atoms with Crippen molar-refractivity contribution in [2.24, 2.45) is 0 Å². The van der Waals surface area contributed by atoms with E-state index in [1.54, 1.807) is 18.2 Å². The summed E-state index contributed by atoms with van der Waals surface area (Å²) in [5.41, 5.74) is 6.90. The summed E-state index contributed by atoms with van der Waals surface area (Å²) in [5.74, 6) is -0.0785. The Balaban J connectivity index is 1.91. The molecule has 0 saturated carbocycles. The fraction of sp³-hybridized carbons (Fsp3) is 0.500. The summed E-state index contributed by atoms with van der Waals surface area (Å²) >= 11 is 3.38. The van der Waals surface area contributed by atoms with Crippen molar-refractivity contribution in [3.63, 3.8) is 0 Å². The highest BCUT2D eigenvalue weighted by atomic mass is 79.9. The molecule has 1 aromatic carbocycles. The highest BCUT2D eigenvalue weighted by Gasteiger charge is 2.19. The number of halogens is 1. The normalized spacial score (nSPS) is 17.4. The quantitative estimate of drug-likeness (QED) is 0.835. The van der Waals surface area contributed by atoms with Crippen LogP contribution in [-0.4, -0.2) is 36.5 Å². The molecule has 104 valence electrons. The van der Waals surface area contributed by atoms with Crippen LogP contribution in [0.1, 0.15) is 30.1 Å². The first-order chi connectivity index (χ1) is 9.08. The number of anilines is 1. The lowest BCUT2D eigenvalue weighted by atomic mass is 10.2. The molecule has 1 atom stereocenters. The van der Waals surface area contributed by atoms with Crippen LogP contribution in [-0.2, 0) is 0 Å². The lowest BCUT2D eigenvalue weighted by molar-refractivity contribution is 0.0939. The van der Waals surface area contributed by atoms with Crippen LogP contribution >= 0.6 is 15.9 Å². The van der Waals surface area contributed by atoms with Crippen LogP contribution in [0.15, 0.2) is 22.7 Å². The molecule has 2 rings (SSSR count). The Bertz CT molecular complexity index is 458. The molecule has 1 saturated heterocycles. The summed E-state index contributed by atoms with van der Waals surface area (Å²) in [5, 5.41) is 2.98. The molecule has 1 heterocycles. The minimum Gasteiger partial charge on any atom is -0.399 e. The van der Waals surface area contributed by atoms with E-state index in [4.69, 9.17) is 5.73 Å². The summed E-state index contributed by atoms with van der Waals surface area (Å²) < 4.78 is 0.771. The summed E-state index contributed by atoms with van der Waals surface area (Å²) in [7, 11) is 0. The summed E-state index contributed by atoms with van der Waals surface area (Å²) in [4.78, 5) is 14.5. The van der Waals surface area contributed by atoms with Crippen molar-refractivity contribution in [2.75, 3.05) is 25.4 Å². The Morgan fingerprint density at radius 1 is 1.47 bits per heavy atom. The molecule has 1 fully saturated rings. The predicted molar refractivity (Wildman–Crippen MR) is 81.2 cm³/mol. The SMILES string of the molecule is CC(CNC(=O)c1cc(N)ccc1Br)N1CCCC1. The van der Waals surface area contributed by atoms with Crippen molar-refractivity contribution in [2.45, 2.75) is 25.8 Å². The largest absolute Gasteiger partial charge is 0.399 e. The van der Waals surface area contributed by atoms with E-state index in [-0.39, 0.29) is 5.91 Å². The zero-order valence-electron chi connectivity index (χ0n) is 11.2. The molecule has 0 aromatic heterocycles. The zero-order valence-corrected chi connectivity index (χ0v) is 12.7. The highest BCUT2D eigenvalue weighted by molar-refractivity contribution is 9.10. The molecule has 0 radical (unpaired) electrons. The van der Waals surface area contributed by atoms with Gasteiger partial charge in [-0.05, 0) is 67.0 Å². The minimum absolute atomic E-state index is 0.0785. The molecule has 1 aliphatic rings. The molecule has 1 unspecified atom stereocenters. The number of rotatable bonds is 4. The summed E-state index contributed by atoms with van der Waals surface area (Å²) in [6.07, 6.45) is 2.53. The van der Waals surface area contributed by atoms with Gasteiger partial charge in [0.1, 0.15) is 0 Å². The molecule has 1 aromatic rings. The van der Waals surface area contributed by atoms with E-state index in [9.17, 15) is 4.79 Å². The molecule has 0 aliphatic carbocycles. The maximum Gasteiger partial charge on any atom is 0.252 e. The molecule has 1 amide bonds. The van der Waals surface area contributed by atoms with Gasteiger partial charge in [0.05, 0.1) is 5.56 Å². The van der Waals surface area contributed by atoms with Gasteiger partial charge in [-0.25, -0.2) is 0 Å². The van der Waals surface area contributed by atoms with Gasteiger partial charge in [0.15, 0.2) is 0 Å². The van der Waals surface area contributed by atoms with Crippen molar-refractivity contribution in [1.29, 1.82) is 0 Å². The van der Waals surface area contributed by atoms with E-state index in [0.29, 0.717) is 23.8 Å². The third kappa shape index (κ3) is 3.70. The monoisotopic (exact) mass is 325 g/mol. The van der Waals surface area contributed by atoms with Gasteiger partial charge in [0.25, 0.3) is 5.91 Å². The lowest BCUT2D eigenvalue weighted by Gasteiger charge is -2.23. The number of nitrogens with zero attached hydrogens (tertiary/aromatic N) is 1. The Morgan fingerprint density at radius 2 is 2.16 bits per heavy atom. The number of nitrogens with one attached hydrogen (secondary N) is 1. The van der Waals surface area contributed by atoms with Crippen molar-refractivity contribution in [1.82, 2.24) is 10.2 Å². The first-order valence-corrected chi connectivity index (χ1v) is 7.44. The molecule has 4 nitrogen and oxygen atoms in total. The van der Waals surface area contributed by atoms with E-state index < -0.39 is 0 Å². The Hall–Kier alpha value is -1.07. The second-order valence-corrected chi connectivity index (χ2v) is 5.90. The molecule has 3 N–H and O–H groups in total. The molecule has 0 bridgehead atoms. The average Bonchev–Trinajstić information content (AvgIpc) is 2.92. The molecule has 1 aliphatic heterocycles. The molecule has 5 heteroatoms. The van der Waals surface area contributed by atoms with Crippen LogP contribution in [0.5, 0.6) is 0 Å². The van der Waals surface area contributed by atoms with Gasteiger partial charge in [-0.3, -0.25) is 9.69 Å². The highest BCUT2D eigenvalue weighted by Crippen LogP contribution is 2.19. The topological polar surface area (TPSA) is 58.4 Å². The van der Waals surface area contributed by atoms with E-state index in [1.165, 1.54) is 12.8 Å². The molecular weight excluding hydrogens is 306 g/mol. The predicted octanol–water partition coefficient (Wildman–Crippen LogP) is 2.25. The Labute approximate surface area is 122 Å². The van der Waals surface area contributed by atoms with Crippen LogP contribution in [0.3, 0.4) is 0 Å². The van der Waals surface area contributed by atoms with Crippen LogP contribution in [0.4, 0.5) is 5.69 Å². The van der Waals surface area contributed by atoms with E-state index >= 15 is 0 Å². The van der Waals surface area contributed by atoms with Gasteiger partial charge < -0.3 is 11.1 Å². The third-order valence-electron chi connectivity index (χ3n) is 3.56. The van der Waals surface area contributed by atoms with E-state index in [1.807, 2.05) is 0 Å². The standard InChI is InChI=1S/C14H20BrN3O/c1-10(18-6-2-3-7-18)9-17-14(19)12-8-11(16)4-5-13(12)15/h4-5,8,10H,2-3,6-7,9,16H2,1H3,(H,17,19). The maximum atomic E-state index is 12.1. The average molecular weight is 326 g/mol. The van der Waals surface area contributed by atoms with Gasteiger partial charge in [0, 0.05) is 22.7 Å². The smallest absolute Gasteiger partial charge is 0.252 e. The van der Waals surface area contributed by atoms with Gasteiger partial charge in [-0.2, -0.15) is 0 Å². The fourth-order valence-electron chi connectivity index (χ4n) is 2.36. The number of nitrogens with two attached hydrogens (primary N) is 1. The van der Waals surface area contributed by atoms with Crippen LogP contribution < -0.4 is 11.1 Å². The number of carbonyl (C=O) groups is 1. The number of benzene rings is 1. The van der Waals surface area contributed by atoms with E-state index in [0.717, 1.165) is 17.6 Å². The third-order valence-corrected chi connectivity index (χ3v) is 4.25. The fourth-order valence-corrected chi connectivity index (χ4v) is 2.79. The molecular formula is C14H20BrN3O. The van der Waals surface area contributed by atoms with Gasteiger partial charge in [-0.1, -0.05) is 0 Å². The second-order valence-electron chi connectivity index (χ2n) is 5.04.